The Hall–Kier alpha value is -1.31. The van der Waals surface area contributed by atoms with Gasteiger partial charge in [-0.2, -0.15) is 0 Å². The molecular weight excluding hydrogens is 338 g/mol. The summed E-state index contributed by atoms with van der Waals surface area (Å²) in [5.74, 6) is 0.0787. The van der Waals surface area contributed by atoms with Crippen LogP contribution in [0.25, 0.3) is 0 Å². The van der Waals surface area contributed by atoms with Crippen molar-refractivity contribution in [1.29, 1.82) is 0 Å². The fourth-order valence-electron chi connectivity index (χ4n) is 2.52. The number of halogens is 1. The second-order valence-corrected chi connectivity index (χ2v) is 7.75. The summed E-state index contributed by atoms with van der Waals surface area (Å²) in [7, 11) is -1.48. The van der Waals surface area contributed by atoms with Crippen molar-refractivity contribution in [2.24, 2.45) is 5.73 Å². The van der Waals surface area contributed by atoms with Gasteiger partial charge in [-0.15, -0.1) is 12.4 Å². The van der Waals surface area contributed by atoms with E-state index < -0.39 is 10.0 Å². The summed E-state index contributed by atoms with van der Waals surface area (Å²) < 4.78 is 25.3. The van der Waals surface area contributed by atoms with E-state index in [1.807, 2.05) is 13.8 Å². The number of aryl methyl sites for hydroxylation is 1. The first-order chi connectivity index (χ1) is 10.3. The standard InChI is InChI=1S/C15H23N3O3S.ClH/c1-11-9-13(18-7-4-8-22(18,20)21)5-6-14(11)15(19)17(3)12(2)10-16;/h5-6,9,12H,4,7-8,10,16H2,1-3H3;1H. The van der Waals surface area contributed by atoms with Gasteiger partial charge in [-0.3, -0.25) is 9.10 Å². The number of nitrogens with zero attached hydrogens (tertiary/aromatic N) is 2. The molecule has 1 unspecified atom stereocenters. The quantitative estimate of drug-likeness (QED) is 0.878. The van der Waals surface area contributed by atoms with Crippen LogP contribution in [-0.2, 0) is 10.0 Å². The summed E-state index contributed by atoms with van der Waals surface area (Å²) in [5.41, 5.74) is 7.56. The molecule has 1 amide bonds. The van der Waals surface area contributed by atoms with Crippen molar-refractivity contribution in [3.8, 4) is 0 Å². The van der Waals surface area contributed by atoms with Gasteiger partial charge in [0.1, 0.15) is 0 Å². The first-order valence-electron chi connectivity index (χ1n) is 7.36. The van der Waals surface area contributed by atoms with E-state index in [2.05, 4.69) is 0 Å². The van der Waals surface area contributed by atoms with E-state index in [9.17, 15) is 13.2 Å². The first kappa shape index (κ1) is 19.7. The smallest absolute Gasteiger partial charge is 0.254 e. The molecule has 0 spiro atoms. The third kappa shape index (κ3) is 3.97. The van der Waals surface area contributed by atoms with Gasteiger partial charge in [0.25, 0.3) is 5.91 Å². The van der Waals surface area contributed by atoms with Gasteiger partial charge in [-0.25, -0.2) is 8.42 Å². The van der Waals surface area contributed by atoms with Gasteiger partial charge >= 0.3 is 0 Å². The number of carbonyl (C=O) groups is 1. The molecular formula is C15H24ClN3O3S. The summed E-state index contributed by atoms with van der Waals surface area (Å²) in [5, 5.41) is 0. The van der Waals surface area contributed by atoms with Gasteiger partial charge in [0.05, 0.1) is 11.4 Å². The van der Waals surface area contributed by atoms with E-state index in [0.717, 1.165) is 5.56 Å². The number of nitrogens with two attached hydrogens (primary N) is 1. The van der Waals surface area contributed by atoms with Crippen LogP contribution in [-0.4, -0.2) is 51.2 Å². The van der Waals surface area contributed by atoms with Crippen LogP contribution < -0.4 is 10.0 Å². The molecule has 0 aliphatic carbocycles. The fourth-order valence-corrected chi connectivity index (χ4v) is 4.08. The maximum absolute atomic E-state index is 12.5. The van der Waals surface area contributed by atoms with Crippen LogP contribution in [0.15, 0.2) is 18.2 Å². The second-order valence-electron chi connectivity index (χ2n) is 5.74. The molecule has 6 nitrogen and oxygen atoms in total. The molecule has 23 heavy (non-hydrogen) atoms. The Morgan fingerprint density at radius 2 is 2.09 bits per heavy atom. The van der Waals surface area contributed by atoms with Crippen molar-refractivity contribution in [3.05, 3.63) is 29.3 Å². The van der Waals surface area contributed by atoms with Crippen molar-refractivity contribution in [2.75, 3.05) is 30.2 Å². The SMILES string of the molecule is Cc1cc(N2CCCS2(=O)=O)ccc1C(=O)N(C)C(C)CN.Cl. The maximum atomic E-state index is 12.5. The number of rotatable bonds is 4. The summed E-state index contributed by atoms with van der Waals surface area (Å²) in [6, 6.07) is 5.10. The lowest BCUT2D eigenvalue weighted by Crippen LogP contribution is -2.40. The average Bonchev–Trinajstić information content (AvgIpc) is 2.84. The van der Waals surface area contributed by atoms with Crippen LogP contribution >= 0.6 is 12.4 Å². The number of likely N-dealkylation sites (N-methyl/N-ethyl adjacent to an activating group) is 1. The topological polar surface area (TPSA) is 83.7 Å². The van der Waals surface area contributed by atoms with E-state index in [0.29, 0.717) is 30.8 Å². The zero-order chi connectivity index (χ0) is 16.5. The van der Waals surface area contributed by atoms with Gasteiger partial charge in [-0.05, 0) is 44.0 Å². The lowest BCUT2D eigenvalue weighted by molar-refractivity contribution is 0.0747. The molecule has 1 heterocycles. The number of amides is 1. The zero-order valence-corrected chi connectivity index (χ0v) is 15.3. The Bertz CT molecular complexity index is 679. The molecule has 130 valence electrons. The van der Waals surface area contributed by atoms with Crippen LogP contribution in [0.4, 0.5) is 5.69 Å². The maximum Gasteiger partial charge on any atom is 0.254 e. The van der Waals surface area contributed by atoms with E-state index in [-0.39, 0.29) is 30.1 Å². The summed E-state index contributed by atoms with van der Waals surface area (Å²) in [6.45, 7) is 4.60. The minimum absolute atomic E-state index is 0. The molecule has 0 saturated carbocycles. The van der Waals surface area contributed by atoms with Crippen molar-refractivity contribution in [1.82, 2.24) is 4.90 Å². The minimum atomic E-state index is -3.20. The molecule has 1 aliphatic rings. The number of sulfonamides is 1. The van der Waals surface area contributed by atoms with Crippen LogP contribution in [0.1, 0.15) is 29.3 Å². The highest BCUT2D eigenvalue weighted by Gasteiger charge is 2.29. The van der Waals surface area contributed by atoms with Crippen molar-refractivity contribution >= 4 is 34.0 Å². The van der Waals surface area contributed by atoms with Crippen LogP contribution in [0, 0.1) is 6.92 Å². The van der Waals surface area contributed by atoms with Crippen LogP contribution in [0.5, 0.6) is 0 Å². The molecule has 1 atom stereocenters. The molecule has 1 aliphatic heterocycles. The summed E-state index contributed by atoms with van der Waals surface area (Å²) in [4.78, 5) is 14.1. The Labute approximate surface area is 144 Å². The molecule has 8 heteroatoms. The van der Waals surface area contributed by atoms with Gasteiger partial charge in [-0.1, -0.05) is 0 Å². The molecule has 1 aromatic carbocycles. The molecule has 1 saturated heterocycles. The van der Waals surface area contributed by atoms with E-state index in [1.165, 1.54) is 4.31 Å². The third-order valence-corrected chi connectivity index (χ3v) is 6.02. The molecule has 0 bridgehead atoms. The number of anilines is 1. The minimum Gasteiger partial charge on any atom is -0.338 e. The highest BCUT2D eigenvalue weighted by atomic mass is 35.5. The highest BCUT2D eigenvalue weighted by molar-refractivity contribution is 7.93. The molecule has 1 aromatic rings. The molecule has 0 aromatic heterocycles. The van der Waals surface area contributed by atoms with Gasteiger partial charge in [0, 0.05) is 31.7 Å². The van der Waals surface area contributed by atoms with E-state index in [1.54, 1.807) is 30.1 Å². The predicted molar refractivity (Wildman–Crippen MR) is 94.8 cm³/mol. The Balaban J connectivity index is 0.00000264. The van der Waals surface area contributed by atoms with E-state index >= 15 is 0 Å². The molecule has 0 radical (unpaired) electrons. The van der Waals surface area contributed by atoms with Crippen molar-refractivity contribution < 1.29 is 13.2 Å². The monoisotopic (exact) mass is 361 g/mol. The van der Waals surface area contributed by atoms with Crippen molar-refractivity contribution in [3.63, 3.8) is 0 Å². The Morgan fingerprint density at radius 3 is 2.57 bits per heavy atom. The number of benzene rings is 1. The highest BCUT2D eigenvalue weighted by Crippen LogP contribution is 2.26. The van der Waals surface area contributed by atoms with Crippen LogP contribution in [0.3, 0.4) is 0 Å². The van der Waals surface area contributed by atoms with Gasteiger partial charge in [0.2, 0.25) is 10.0 Å². The number of carbonyl (C=O) groups excluding carboxylic acids is 1. The second kappa shape index (κ2) is 7.51. The lowest BCUT2D eigenvalue weighted by atomic mass is 10.1. The average molecular weight is 362 g/mol. The molecule has 2 N–H and O–H groups in total. The molecule has 1 fully saturated rings. The van der Waals surface area contributed by atoms with Gasteiger partial charge < -0.3 is 10.6 Å². The summed E-state index contributed by atoms with van der Waals surface area (Å²) in [6.07, 6.45) is 0.638. The molecule has 2 rings (SSSR count). The Morgan fingerprint density at radius 1 is 1.43 bits per heavy atom. The number of hydrogen-bond acceptors (Lipinski definition) is 4. The normalized spacial score (nSPS) is 17.5. The largest absolute Gasteiger partial charge is 0.338 e. The van der Waals surface area contributed by atoms with Gasteiger partial charge in [0.15, 0.2) is 0 Å². The van der Waals surface area contributed by atoms with Crippen LogP contribution in [0.2, 0.25) is 0 Å². The van der Waals surface area contributed by atoms with E-state index in [4.69, 9.17) is 5.73 Å². The number of hydrogen-bond donors (Lipinski definition) is 1. The lowest BCUT2D eigenvalue weighted by Gasteiger charge is -2.25. The summed E-state index contributed by atoms with van der Waals surface area (Å²) >= 11 is 0. The third-order valence-electron chi connectivity index (χ3n) is 4.15. The van der Waals surface area contributed by atoms with Crippen molar-refractivity contribution in [2.45, 2.75) is 26.3 Å². The zero-order valence-electron chi connectivity index (χ0n) is 13.7. The predicted octanol–water partition coefficient (Wildman–Crippen LogP) is 1.38. The first-order valence-corrected chi connectivity index (χ1v) is 8.97. The Kier molecular flexibility index (Phi) is 6.44. The fraction of sp³-hybridized carbons (Fsp3) is 0.533.